The molecule has 2 N–H and O–H groups in total. The Bertz CT molecular complexity index is 156. The van der Waals surface area contributed by atoms with E-state index in [2.05, 4.69) is 24.3 Å². The van der Waals surface area contributed by atoms with Crippen LogP contribution in [0.1, 0.15) is 0 Å². The van der Waals surface area contributed by atoms with E-state index >= 15 is 0 Å². The summed E-state index contributed by atoms with van der Waals surface area (Å²) in [5.41, 5.74) is 0. The van der Waals surface area contributed by atoms with Crippen LogP contribution >= 0.6 is 0 Å². The van der Waals surface area contributed by atoms with Crippen molar-refractivity contribution >= 4 is 36.5 Å². The molecule has 4 nitrogen and oxygen atoms in total. The van der Waals surface area contributed by atoms with Crippen LogP contribution in [-0.2, 0) is 10.4 Å². The van der Waals surface area contributed by atoms with Gasteiger partial charge in [0.05, 0.1) is 8.41 Å². The van der Waals surface area contributed by atoms with Gasteiger partial charge in [-0.2, -0.15) is 8.42 Å². The summed E-state index contributed by atoms with van der Waals surface area (Å²) >= 11 is 2.06. The van der Waals surface area contributed by atoms with Crippen LogP contribution in [-0.4, -0.2) is 43.7 Å². The molecule has 0 atom stereocenters. The third kappa shape index (κ3) is 1080. The molecule has 0 fully saturated rings. The molecule has 0 rings (SSSR count). The van der Waals surface area contributed by atoms with Crippen LogP contribution in [0.2, 0.25) is 5.09 Å². The van der Waals surface area contributed by atoms with Crippen molar-refractivity contribution in [2.24, 2.45) is 0 Å². The Morgan fingerprint density at radius 1 is 1.23 bits per heavy atom. The molecule has 0 aliphatic carbocycles. The van der Waals surface area contributed by atoms with Crippen molar-refractivity contribution in [3.63, 3.8) is 0 Å². The van der Waals surface area contributed by atoms with Gasteiger partial charge in [0.25, 0.3) is 0 Å². The van der Waals surface area contributed by atoms with Crippen LogP contribution in [0.25, 0.3) is 0 Å². The molecule has 0 aromatic heterocycles. The van der Waals surface area contributed by atoms with Gasteiger partial charge in [-0.15, -0.1) is 0 Å². The first kappa shape index (κ1) is 38.1. The van der Waals surface area contributed by atoms with Crippen molar-refractivity contribution in [2.45, 2.75) is 5.09 Å². The second-order valence-electron chi connectivity index (χ2n) is 1.14. The summed E-state index contributed by atoms with van der Waals surface area (Å²) in [6, 6.07) is 0. The van der Waals surface area contributed by atoms with Crippen molar-refractivity contribution in [2.75, 3.05) is 0 Å². The number of allylic oxidation sites excluding steroid dienone is 1. The second-order valence-corrected chi connectivity index (χ2v) is 2.04. The first-order chi connectivity index (χ1) is 3.91. The number of rotatable bonds is 1. The number of hydrogen-bond donors (Lipinski definition) is 2. The molecule has 0 aliphatic heterocycles. The van der Waals surface area contributed by atoms with E-state index in [-0.39, 0.29) is 22.5 Å². The summed E-state index contributed by atoms with van der Waals surface area (Å²) in [5.74, 6) is 0. The molecule has 80 valence electrons. The predicted octanol–water partition coefficient (Wildman–Crippen LogP) is -0.620. The van der Waals surface area contributed by atoms with Gasteiger partial charge in [-0.05, 0) is 0 Å². The Morgan fingerprint density at radius 3 is 1.31 bits per heavy atom. The quantitative estimate of drug-likeness (QED) is 0.350. The van der Waals surface area contributed by atoms with Crippen LogP contribution < -0.4 is 0 Å². The third-order valence-corrected chi connectivity index (χ3v) is 0.289. The Balaban J connectivity index is -0.0000000146. The monoisotopic (exact) mass is 220 g/mol. The van der Waals surface area contributed by atoms with Crippen molar-refractivity contribution in [1.82, 2.24) is 0 Å². The van der Waals surface area contributed by atoms with Gasteiger partial charge in [-0.3, -0.25) is 23.2 Å². The fourth-order valence-electron chi connectivity index (χ4n) is 0. The maximum absolute atomic E-state index is 8.74. The molecule has 0 radical (unpaired) electrons. The Morgan fingerprint density at radius 2 is 1.31 bits per heavy atom. The third-order valence-electron chi connectivity index (χ3n) is 0.289. The zero-order valence-electron chi connectivity index (χ0n) is 6.34. The van der Waals surface area contributed by atoms with Crippen molar-refractivity contribution in [1.29, 1.82) is 0 Å². The van der Waals surface area contributed by atoms with Crippen LogP contribution in [0.5, 0.6) is 0 Å². The molecule has 0 unspecified atom stereocenters. The molecule has 0 saturated carbocycles. The topological polar surface area (TPSA) is 74.6 Å². The fraction of sp³-hybridized carbons (Fsp3) is 0.333. The van der Waals surface area contributed by atoms with E-state index in [1.165, 1.54) is 0 Å². The van der Waals surface area contributed by atoms with Gasteiger partial charge in [0.1, 0.15) is 0 Å². The van der Waals surface area contributed by atoms with E-state index in [0.717, 1.165) is 5.09 Å². The van der Waals surface area contributed by atoms with E-state index in [4.69, 9.17) is 17.5 Å². The SMILES string of the molecule is B.F.F.F.O=S(=O)(O)O.[Li][CH2]C=C. The van der Waals surface area contributed by atoms with Gasteiger partial charge in [-0.25, -0.2) is 0 Å². The molecule has 0 amide bonds. The molecule has 0 saturated heterocycles. The average Bonchev–Trinajstić information content (AvgIpc) is 1.61. The maximum atomic E-state index is 8.74. The summed E-state index contributed by atoms with van der Waals surface area (Å²) in [5, 5.41) is 1.08. The van der Waals surface area contributed by atoms with Gasteiger partial charge in [0.15, 0.2) is 0 Å². The van der Waals surface area contributed by atoms with E-state index in [1.807, 2.05) is 6.08 Å². The molecule has 10 heteroatoms. The van der Waals surface area contributed by atoms with Crippen LogP contribution in [0.15, 0.2) is 12.7 Å². The summed E-state index contributed by atoms with van der Waals surface area (Å²) in [6.07, 6.45) is 1.88. The van der Waals surface area contributed by atoms with Gasteiger partial charge in [-0.1, -0.05) is 0 Å². The van der Waals surface area contributed by atoms with E-state index in [0.29, 0.717) is 0 Å². The molecule has 0 heterocycles. The summed E-state index contributed by atoms with van der Waals surface area (Å²) in [4.78, 5) is 0. The van der Waals surface area contributed by atoms with Gasteiger partial charge in [0, 0.05) is 0 Å². The standard InChI is InChI=1S/C3H5.BH3.3FH.Li.H2O4S/c1-3-2;;;;;;1-5(2,3)4/h3H,1-2H2;1H3;3*1H;;(H2,1,2,3,4). The second kappa shape index (κ2) is 22.7. The number of hydrogen-bond acceptors (Lipinski definition) is 2. The molecule has 0 spiro atoms. The average molecular weight is 220 g/mol. The minimum absolute atomic E-state index is 0. The zero-order chi connectivity index (χ0) is 7.91. The first-order valence-electron chi connectivity index (χ1n) is 2.22. The normalized spacial score (nSPS) is 6.46. The van der Waals surface area contributed by atoms with Crippen LogP contribution in [0.3, 0.4) is 0 Å². The van der Waals surface area contributed by atoms with E-state index in [9.17, 15) is 0 Å². The molecule has 0 bridgehead atoms. The van der Waals surface area contributed by atoms with E-state index in [1.54, 1.807) is 0 Å². The van der Waals surface area contributed by atoms with Gasteiger partial charge < -0.3 is 0 Å². The van der Waals surface area contributed by atoms with Crippen molar-refractivity contribution < 1.29 is 31.6 Å². The fourth-order valence-corrected chi connectivity index (χ4v) is 0. The molecular formula is C3H13BF3LiO4S. The van der Waals surface area contributed by atoms with E-state index < -0.39 is 10.4 Å². The Labute approximate surface area is 86.2 Å². The summed E-state index contributed by atoms with van der Waals surface area (Å²) in [6.45, 7) is 3.48. The Hall–Kier alpha value is 0.0623. The molecule has 0 aromatic rings. The van der Waals surface area contributed by atoms with Crippen LogP contribution in [0.4, 0.5) is 14.1 Å². The first-order valence-corrected chi connectivity index (χ1v) is 3.62. The molecule has 13 heavy (non-hydrogen) atoms. The predicted molar refractivity (Wildman–Crippen MR) is 52.4 cm³/mol. The van der Waals surface area contributed by atoms with Crippen molar-refractivity contribution in [3.05, 3.63) is 12.7 Å². The summed E-state index contributed by atoms with van der Waals surface area (Å²) < 4.78 is 31.6. The molecule has 0 aromatic carbocycles. The zero-order valence-corrected chi connectivity index (χ0v) is 7.15. The Kier molecular flexibility index (Phi) is 66.6. The van der Waals surface area contributed by atoms with Gasteiger partial charge >= 0.3 is 45.9 Å². The minimum atomic E-state index is -4.67. The molecule has 0 aliphatic rings. The number of halogens is 3. The van der Waals surface area contributed by atoms with Gasteiger partial charge in [0.2, 0.25) is 0 Å². The van der Waals surface area contributed by atoms with Crippen LogP contribution in [0, 0.1) is 0 Å². The molecular weight excluding hydrogens is 207 g/mol. The summed E-state index contributed by atoms with van der Waals surface area (Å²) in [7, 11) is -4.67. The van der Waals surface area contributed by atoms with Crippen molar-refractivity contribution in [3.8, 4) is 0 Å².